The number of aliphatic carboxylic acids is 1. The largest absolute Gasteiger partial charge is 0.477 e. The van der Waals surface area contributed by atoms with Crippen LogP contribution in [0, 0.1) is 0 Å². The van der Waals surface area contributed by atoms with Crippen LogP contribution < -0.4 is 10.6 Å². The molecule has 4 aromatic rings. The van der Waals surface area contributed by atoms with Gasteiger partial charge in [0.1, 0.15) is 52.8 Å². The van der Waals surface area contributed by atoms with Gasteiger partial charge < -0.3 is 30.1 Å². The van der Waals surface area contributed by atoms with Gasteiger partial charge in [0.15, 0.2) is 10.8 Å². The monoisotopic (exact) mass is 867 g/mol. The number of amides is 2. The Labute approximate surface area is 360 Å². The van der Waals surface area contributed by atoms with E-state index in [0.29, 0.717) is 5.13 Å². The van der Waals surface area contributed by atoms with E-state index in [1.54, 1.807) is 26.2 Å². The van der Waals surface area contributed by atoms with Crippen molar-refractivity contribution < 1.29 is 48.2 Å². The molecule has 3 aromatic carbocycles. The number of carbonyl (C=O) groups excluding carboxylic acids is 5. The lowest BCUT2D eigenvalue weighted by Crippen LogP contribution is -2.71. The third kappa shape index (κ3) is 9.84. The fourth-order valence-electron chi connectivity index (χ4n) is 6.61. The second-order valence-corrected chi connectivity index (χ2v) is 17.7. The highest BCUT2D eigenvalue weighted by molar-refractivity contribution is 8.00. The van der Waals surface area contributed by atoms with E-state index in [1.165, 1.54) is 32.1 Å². The minimum absolute atomic E-state index is 0.0498. The van der Waals surface area contributed by atoms with E-state index in [0.717, 1.165) is 33.4 Å². The maximum Gasteiger partial charge on any atom is 0.353 e. The summed E-state index contributed by atoms with van der Waals surface area (Å²) >= 11 is 2.34. The number of rotatable bonds is 16. The van der Waals surface area contributed by atoms with E-state index in [1.807, 2.05) is 91.0 Å². The summed E-state index contributed by atoms with van der Waals surface area (Å²) in [4.78, 5) is 88.4. The fraction of sp³-hybridized carbons (Fsp3) is 0.318. The van der Waals surface area contributed by atoms with Gasteiger partial charge in [-0.25, -0.2) is 14.6 Å². The highest BCUT2D eigenvalue weighted by Crippen LogP contribution is 2.42. The molecular weight excluding hydrogens is 823 g/mol. The number of Topliss-reactive ketones (excluding diaryl/α,β-unsaturated/α-hetero) is 1. The van der Waals surface area contributed by atoms with E-state index in [9.17, 15) is 33.9 Å². The van der Waals surface area contributed by atoms with E-state index in [2.05, 4.69) is 15.8 Å². The van der Waals surface area contributed by atoms with Crippen LogP contribution in [-0.2, 0) is 48.6 Å². The van der Waals surface area contributed by atoms with Crippen LogP contribution in [0.25, 0.3) is 0 Å². The number of nitrogens with zero attached hydrogens (tertiary/aromatic N) is 3. The molecule has 0 radical (unpaired) electrons. The van der Waals surface area contributed by atoms with Crippen LogP contribution in [-0.4, -0.2) is 91.2 Å². The number of benzene rings is 3. The van der Waals surface area contributed by atoms with Gasteiger partial charge in [-0.1, -0.05) is 96.2 Å². The Morgan fingerprint density at radius 2 is 1.44 bits per heavy atom. The first-order chi connectivity index (χ1) is 28.9. The zero-order valence-electron chi connectivity index (χ0n) is 34.3. The number of thiazole rings is 1. The van der Waals surface area contributed by atoms with Gasteiger partial charge in [-0.15, -0.1) is 23.1 Å². The molecule has 1 fully saturated rings. The Balaban J connectivity index is 1.33. The number of hydrogen-bond acceptors (Lipinski definition) is 14. The first-order valence-corrected chi connectivity index (χ1v) is 21.1. The van der Waals surface area contributed by atoms with Gasteiger partial charge in [-0.3, -0.25) is 24.1 Å². The van der Waals surface area contributed by atoms with Gasteiger partial charge in [-0.05, 0) is 58.2 Å². The maximum atomic E-state index is 14.3. The van der Waals surface area contributed by atoms with Gasteiger partial charge in [0.2, 0.25) is 5.60 Å². The summed E-state index contributed by atoms with van der Waals surface area (Å²) in [7, 11) is 0. The number of ether oxygens (including phenoxy) is 2. The standard InChI is InChI=1S/C44H45N5O10S2/c1-26(50)22-32(51)57-23-27-24-60-38-34(37(53)49(38)35(27)39(54)55)46-36(52)33(48-59-43(5,6)40(56)58-42(2,3)4)31-25-61-41(45-31)47-44(28-16-10-7-11-17-28,29-18-12-8-13-19-29)30-20-14-9-15-21-30/h7-21,25,34,38H,22-24H2,1-6H3,(H,45,47)(H,46,52)(H,54,55)/b48-33-/t34-,38+/m1/s1. The van der Waals surface area contributed by atoms with Gasteiger partial charge in [-0.2, -0.15) is 0 Å². The molecule has 2 aliphatic heterocycles. The number of carboxylic acid groups (broad SMARTS) is 1. The molecule has 3 N–H and O–H groups in total. The van der Waals surface area contributed by atoms with Crippen molar-refractivity contribution in [3.63, 3.8) is 0 Å². The molecule has 2 aliphatic rings. The number of aromatic nitrogens is 1. The molecule has 61 heavy (non-hydrogen) atoms. The molecule has 0 unspecified atom stereocenters. The minimum atomic E-state index is -1.67. The zero-order chi connectivity index (χ0) is 44.1. The Morgan fingerprint density at radius 1 is 0.885 bits per heavy atom. The van der Waals surface area contributed by atoms with Crippen molar-refractivity contribution in [2.45, 2.75) is 76.1 Å². The Morgan fingerprint density at radius 3 is 1.95 bits per heavy atom. The zero-order valence-corrected chi connectivity index (χ0v) is 35.9. The molecule has 3 heterocycles. The average Bonchev–Trinajstić information content (AvgIpc) is 3.68. The lowest BCUT2D eigenvalue weighted by Gasteiger charge is -2.49. The first-order valence-electron chi connectivity index (χ1n) is 19.2. The van der Waals surface area contributed by atoms with Crippen LogP contribution in [0.2, 0.25) is 0 Å². The van der Waals surface area contributed by atoms with Crippen molar-refractivity contribution in [3.05, 3.63) is 130 Å². The van der Waals surface area contributed by atoms with E-state index < -0.39 is 76.7 Å². The van der Waals surface area contributed by atoms with E-state index >= 15 is 0 Å². The number of ketones is 1. The van der Waals surface area contributed by atoms with Crippen molar-refractivity contribution in [1.29, 1.82) is 0 Å². The van der Waals surface area contributed by atoms with Gasteiger partial charge in [0.25, 0.3) is 11.8 Å². The number of β-lactam (4-membered cyclic amide) rings is 1. The molecule has 0 saturated carbocycles. The molecule has 0 spiro atoms. The molecule has 1 saturated heterocycles. The predicted molar refractivity (Wildman–Crippen MR) is 228 cm³/mol. The number of carbonyl (C=O) groups is 6. The molecule has 0 aliphatic carbocycles. The highest BCUT2D eigenvalue weighted by atomic mass is 32.2. The van der Waals surface area contributed by atoms with Crippen LogP contribution in [0.15, 0.2) is 113 Å². The molecule has 318 valence electrons. The summed E-state index contributed by atoms with van der Waals surface area (Å²) in [5.74, 6) is -4.99. The number of esters is 2. The summed E-state index contributed by atoms with van der Waals surface area (Å²) < 4.78 is 10.6. The molecule has 0 bridgehead atoms. The van der Waals surface area contributed by atoms with Gasteiger partial charge in [0.05, 0.1) is 0 Å². The molecule has 1 aromatic heterocycles. The summed E-state index contributed by atoms with van der Waals surface area (Å²) in [6, 6.07) is 28.3. The van der Waals surface area contributed by atoms with Gasteiger partial charge >= 0.3 is 17.9 Å². The van der Waals surface area contributed by atoms with Gasteiger partial charge in [0, 0.05) is 16.7 Å². The SMILES string of the molecule is CC(=O)CC(=O)OCC1=C(C(=O)O)N2C(=O)[C@@H](NC(=O)/C(=N\OC(C)(C)C(=O)OC(C)(C)C)c3csc(NC(c4ccccc4)(c4ccccc4)c4ccccc4)n3)[C@@H]2SC1. The Hall–Kier alpha value is -6.33. The average molecular weight is 868 g/mol. The van der Waals surface area contributed by atoms with Crippen LogP contribution >= 0.6 is 23.1 Å². The summed E-state index contributed by atoms with van der Waals surface area (Å²) in [5.41, 5.74) is -1.31. The molecule has 6 rings (SSSR count). The number of nitrogens with one attached hydrogen (secondary N) is 2. The third-order valence-electron chi connectivity index (χ3n) is 9.47. The summed E-state index contributed by atoms with van der Waals surface area (Å²) in [5, 5.41) is 21.7. The van der Waals surface area contributed by atoms with E-state index in [4.69, 9.17) is 19.3 Å². The smallest absolute Gasteiger partial charge is 0.353 e. The number of fused-ring (bicyclic) bond motifs is 1. The molecule has 15 nitrogen and oxygen atoms in total. The Bertz CT molecular complexity index is 2280. The molecular formula is C44H45N5O10S2. The van der Waals surface area contributed by atoms with Crippen LogP contribution in [0.4, 0.5) is 5.13 Å². The second kappa shape index (κ2) is 18.1. The molecule has 2 atom stereocenters. The third-order valence-corrected chi connectivity index (χ3v) is 11.6. The number of thioether (sulfide) groups is 1. The normalized spacial score (nSPS) is 16.8. The maximum absolute atomic E-state index is 14.3. The minimum Gasteiger partial charge on any atom is -0.477 e. The predicted octanol–water partition coefficient (Wildman–Crippen LogP) is 5.65. The number of hydrogen-bond donors (Lipinski definition) is 3. The second-order valence-electron chi connectivity index (χ2n) is 15.7. The van der Waals surface area contributed by atoms with Crippen LogP contribution in [0.5, 0.6) is 0 Å². The van der Waals surface area contributed by atoms with Crippen molar-refractivity contribution in [2.75, 3.05) is 17.7 Å². The molecule has 2 amide bonds. The van der Waals surface area contributed by atoms with Crippen molar-refractivity contribution in [3.8, 4) is 0 Å². The highest BCUT2D eigenvalue weighted by Gasteiger charge is 2.54. The van der Waals surface area contributed by atoms with Crippen LogP contribution in [0.1, 0.15) is 70.3 Å². The first kappa shape index (κ1) is 44.2. The quantitative estimate of drug-likeness (QED) is 0.0312. The topological polar surface area (TPSA) is 203 Å². The van der Waals surface area contributed by atoms with E-state index in [-0.39, 0.29) is 28.4 Å². The number of oxime groups is 1. The van der Waals surface area contributed by atoms with Crippen molar-refractivity contribution in [1.82, 2.24) is 15.2 Å². The lowest BCUT2D eigenvalue weighted by molar-refractivity contribution is -0.179. The Kier molecular flexibility index (Phi) is 13.1. The molecule has 17 heteroatoms. The lowest BCUT2D eigenvalue weighted by atomic mass is 9.77. The summed E-state index contributed by atoms with van der Waals surface area (Å²) in [6.45, 7) is 8.75. The van der Waals surface area contributed by atoms with Crippen LogP contribution in [0.3, 0.4) is 0 Å². The number of anilines is 1. The summed E-state index contributed by atoms with van der Waals surface area (Å²) in [6.07, 6.45) is -0.477. The fourth-order valence-corrected chi connectivity index (χ4v) is 8.69. The number of carboxylic acids is 1. The van der Waals surface area contributed by atoms with Crippen molar-refractivity contribution in [2.24, 2.45) is 5.16 Å². The van der Waals surface area contributed by atoms with Crippen molar-refractivity contribution >= 4 is 69.4 Å².